The number of halogens is 9. The van der Waals surface area contributed by atoms with Crippen LogP contribution in [-0.2, 0) is 47.8 Å². The number of ether oxygens (including phenoxy) is 4. The van der Waals surface area contributed by atoms with E-state index in [-0.39, 0.29) is 51.4 Å². The van der Waals surface area contributed by atoms with Crippen LogP contribution in [0, 0.1) is 0 Å². The fourth-order valence-corrected chi connectivity index (χ4v) is 16.2. The molecule has 0 bridgehead atoms. The van der Waals surface area contributed by atoms with Gasteiger partial charge in [-0.2, -0.15) is 39.5 Å². The topological polar surface area (TPSA) is 174 Å². The highest BCUT2D eigenvalue weighted by Gasteiger charge is 2.53. The number of likely N-dealkylation sites (tertiary alicyclic amines) is 3. The van der Waals surface area contributed by atoms with Gasteiger partial charge < -0.3 is 47.3 Å². The molecule has 3 saturated heterocycles. The van der Waals surface area contributed by atoms with Crippen molar-refractivity contribution in [1.82, 2.24) is 43.1 Å². The summed E-state index contributed by atoms with van der Waals surface area (Å²) in [6.07, 6.45) is -9.75. The lowest BCUT2D eigenvalue weighted by molar-refractivity contribution is -0.139. The van der Waals surface area contributed by atoms with Crippen LogP contribution in [0.1, 0.15) is 184 Å². The van der Waals surface area contributed by atoms with Crippen LogP contribution in [0.5, 0.6) is 23.0 Å². The van der Waals surface area contributed by atoms with E-state index in [1.54, 1.807) is 85.0 Å². The lowest BCUT2D eigenvalue weighted by Gasteiger charge is -2.55. The molecule has 6 aromatic rings. The van der Waals surface area contributed by atoms with Gasteiger partial charge in [0.15, 0.2) is 17.3 Å². The summed E-state index contributed by atoms with van der Waals surface area (Å²) in [4.78, 5) is 87.6. The molecule has 564 valence electrons. The summed E-state index contributed by atoms with van der Waals surface area (Å²) in [6.45, 7) is 18.7. The van der Waals surface area contributed by atoms with E-state index in [2.05, 4.69) is 40.2 Å². The first kappa shape index (κ1) is 78.0. The number of ketones is 3. The molecular formula is C76H92F9N9O10. The number of carbonyl (C=O) groups is 6. The van der Waals surface area contributed by atoms with Gasteiger partial charge in [0.05, 0.1) is 71.7 Å². The van der Waals surface area contributed by atoms with Crippen LogP contribution < -0.4 is 18.9 Å². The highest BCUT2D eigenvalue weighted by molar-refractivity contribution is 6.00. The maximum absolute atomic E-state index is 13.7. The zero-order valence-corrected chi connectivity index (χ0v) is 60.9. The minimum atomic E-state index is -4.92. The number of aryl methyl sites for hydroxylation is 1. The zero-order valence-electron chi connectivity index (χ0n) is 60.9. The lowest BCUT2D eigenvalue weighted by Crippen LogP contribution is -2.61. The van der Waals surface area contributed by atoms with Crippen LogP contribution in [0.15, 0.2) is 91.0 Å². The molecule has 6 aliphatic heterocycles. The highest BCUT2D eigenvalue weighted by atomic mass is 19.4. The molecule has 12 rings (SSSR count). The van der Waals surface area contributed by atoms with Crippen molar-refractivity contribution in [3.8, 4) is 23.0 Å². The molecule has 0 atom stereocenters. The average molecular weight is 1460 g/mol. The van der Waals surface area contributed by atoms with Crippen molar-refractivity contribution in [3.63, 3.8) is 0 Å². The first-order valence-electron chi connectivity index (χ1n) is 35.2. The van der Waals surface area contributed by atoms with Crippen molar-refractivity contribution in [3.05, 3.63) is 153 Å². The number of benzene rings is 3. The monoisotopic (exact) mass is 1460 g/mol. The van der Waals surface area contributed by atoms with E-state index in [1.807, 2.05) is 46.1 Å². The molecule has 104 heavy (non-hydrogen) atoms. The number of carbonyl (C=O) groups excluding carboxylic acids is 6. The van der Waals surface area contributed by atoms with E-state index < -0.39 is 58.7 Å². The van der Waals surface area contributed by atoms with Gasteiger partial charge >= 0.3 is 18.5 Å². The van der Waals surface area contributed by atoms with Gasteiger partial charge in [-0.05, 0) is 191 Å². The molecule has 0 radical (unpaired) electrons. The van der Waals surface area contributed by atoms with Crippen molar-refractivity contribution in [1.29, 1.82) is 0 Å². The molecule has 3 spiro atoms. The maximum Gasteiger partial charge on any atom is 0.456 e. The quantitative estimate of drug-likeness (QED) is 0.0745. The molecule has 9 heterocycles. The summed E-state index contributed by atoms with van der Waals surface area (Å²) >= 11 is 0. The van der Waals surface area contributed by atoms with Crippen LogP contribution in [-0.4, -0.2) is 198 Å². The number of Topliss-reactive ketones (excluding diaryl/α,β-unsaturated/α-hetero) is 3. The van der Waals surface area contributed by atoms with Crippen molar-refractivity contribution in [2.75, 3.05) is 101 Å². The molecule has 0 saturated carbocycles. The number of methoxy groups -OCH3 is 2. The predicted octanol–water partition coefficient (Wildman–Crippen LogP) is 13.3. The fraction of sp³-hybridized carbons (Fsp3) is 0.526. The summed E-state index contributed by atoms with van der Waals surface area (Å²) in [5, 5.41) is 0. The van der Waals surface area contributed by atoms with Gasteiger partial charge in [-0.25, -0.2) is 0 Å². The molecule has 6 aliphatic rings. The number of rotatable bonds is 14. The van der Waals surface area contributed by atoms with Crippen LogP contribution in [0.25, 0.3) is 0 Å². The number of alkyl halides is 9. The van der Waals surface area contributed by atoms with E-state index >= 15 is 0 Å². The number of aromatic nitrogens is 3. The van der Waals surface area contributed by atoms with Crippen molar-refractivity contribution < 1.29 is 87.2 Å². The average Bonchev–Trinajstić information content (AvgIpc) is 1.17. The Bertz CT molecular complexity index is 4180. The Morgan fingerprint density at radius 3 is 1.29 bits per heavy atom. The second-order valence-electron chi connectivity index (χ2n) is 28.6. The predicted molar refractivity (Wildman–Crippen MR) is 370 cm³/mol. The van der Waals surface area contributed by atoms with E-state index in [1.165, 1.54) is 40.5 Å². The van der Waals surface area contributed by atoms with E-state index in [0.29, 0.717) is 156 Å². The standard InChI is InChI=1S/C27H34F3N3O3.C25H30F3N3O4.C24H28F3N3O3/c1-17(2)36-22-9-7-19(15-20(22)27(28,29)30)24(35)32-13-11-26(12-14-32)23-10-8-21(18(3)34)33(23)25(4,5)16-31(26)6;1-4-15-35-19-7-5-17(16-20(19)34-3)23(33)30-11-9-24(10-12-30)21-8-6-18(22(32)25(26,27)28)31(21)14-13-29(24)2;1-4-16-5-6-17(15-19(16)33-3)22(32)29-11-9-23(10-12-29)20-8-7-18(21(31)24(25,26)27)30(20)14-13-28(23)2/h7-10,15,17H,11-14,16H2,1-6H3;5-8,16H,4,9-15H2,1-3H3;5-8,15H,4,9-14H2,1-3H3. The molecule has 28 heteroatoms. The van der Waals surface area contributed by atoms with Crippen LogP contribution in [0.4, 0.5) is 39.5 Å². The highest BCUT2D eigenvalue weighted by Crippen LogP contribution is 2.48. The summed E-state index contributed by atoms with van der Waals surface area (Å²) in [7, 11) is 9.07. The molecule has 3 aromatic carbocycles. The Morgan fingerprint density at radius 2 is 0.885 bits per heavy atom. The van der Waals surface area contributed by atoms with Crippen LogP contribution in [0.2, 0.25) is 0 Å². The molecule has 0 N–H and O–H groups in total. The first-order valence-corrected chi connectivity index (χ1v) is 35.2. The molecule has 3 fully saturated rings. The van der Waals surface area contributed by atoms with Crippen molar-refractivity contribution >= 4 is 35.1 Å². The normalized spacial score (nSPS) is 18.5. The molecular weight excluding hydrogens is 1370 g/mol. The maximum atomic E-state index is 13.7. The molecule has 3 amide bonds. The minimum absolute atomic E-state index is 0.00486. The van der Waals surface area contributed by atoms with Gasteiger partial charge in [0.1, 0.15) is 11.5 Å². The third-order valence-corrected chi connectivity index (χ3v) is 21.7. The Morgan fingerprint density at radius 1 is 0.481 bits per heavy atom. The number of piperidine rings is 3. The van der Waals surface area contributed by atoms with E-state index in [4.69, 9.17) is 18.9 Å². The van der Waals surface area contributed by atoms with Gasteiger partial charge in [0, 0.05) is 113 Å². The number of hydrogen-bond donors (Lipinski definition) is 0. The van der Waals surface area contributed by atoms with Crippen molar-refractivity contribution in [2.45, 2.75) is 160 Å². The third kappa shape index (κ3) is 15.0. The summed E-state index contributed by atoms with van der Waals surface area (Å²) in [5.74, 6) is -2.81. The van der Waals surface area contributed by atoms with Gasteiger partial charge in [-0.15, -0.1) is 0 Å². The largest absolute Gasteiger partial charge is 0.496 e. The van der Waals surface area contributed by atoms with Crippen molar-refractivity contribution in [2.24, 2.45) is 0 Å². The fourth-order valence-electron chi connectivity index (χ4n) is 16.2. The molecule has 19 nitrogen and oxygen atoms in total. The zero-order chi connectivity index (χ0) is 76.0. The Hall–Kier alpha value is -8.63. The number of hydrogen-bond acceptors (Lipinski definition) is 13. The van der Waals surface area contributed by atoms with Crippen LogP contribution >= 0.6 is 0 Å². The minimum Gasteiger partial charge on any atom is -0.496 e. The number of nitrogens with zero attached hydrogens (tertiary/aromatic N) is 9. The second kappa shape index (κ2) is 30.1. The second-order valence-corrected chi connectivity index (χ2v) is 28.6. The SMILES string of the molecule is CC(=O)c1ccc2n1C(C)(C)CN(C)C21CCN(C(=O)c2ccc(OC(C)C)c(C(F)(F)F)c2)CC1.CCCOc1ccc(C(=O)N2CCC3(CC2)c2ccc(C(=O)C(F)(F)F)n2CCN3C)cc1OC.CCc1ccc(C(=O)N2CCC3(CC2)c2ccc(C(=O)C(F)(F)F)n2CCN3C)cc1OC. The van der Waals surface area contributed by atoms with E-state index in [0.717, 1.165) is 36.7 Å². The van der Waals surface area contributed by atoms with E-state index in [9.17, 15) is 68.3 Å². The lowest BCUT2D eigenvalue weighted by atomic mass is 9.78. The Labute approximate surface area is 599 Å². The molecule has 0 aliphatic carbocycles. The van der Waals surface area contributed by atoms with Gasteiger partial charge in [0.25, 0.3) is 29.3 Å². The number of likely N-dealkylation sites (N-methyl/N-ethyl adjacent to an activating group) is 3. The van der Waals surface area contributed by atoms with Gasteiger partial charge in [0.2, 0.25) is 0 Å². The molecule has 3 aromatic heterocycles. The number of amides is 3. The Balaban J connectivity index is 0.000000168. The Kier molecular flexibility index (Phi) is 22.6. The van der Waals surface area contributed by atoms with Gasteiger partial charge in [-0.1, -0.05) is 19.9 Å². The summed E-state index contributed by atoms with van der Waals surface area (Å²) in [5.41, 5.74) is 1.94. The summed E-state index contributed by atoms with van der Waals surface area (Å²) < 4.78 is 147. The number of fused-ring (bicyclic) bond motifs is 6. The third-order valence-electron chi connectivity index (χ3n) is 21.7. The summed E-state index contributed by atoms with van der Waals surface area (Å²) in [6, 6.07) is 23.8. The molecule has 0 unspecified atom stereocenters. The smallest absolute Gasteiger partial charge is 0.456 e. The van der Waals surface area contributed by atoms with Crippen LogP contribution in [0.3, 0.4) is 0 Å². The first-order chi connectivity index (χ1) is 48.9. The van der Waals surface area contributed by atoms with Gasteiger partial charge in [-0.3, -0.25) is 43.5 Å².